The Kier molecular flexibility index (Phi) is 5.20. The molecule has 1 aliphatic heterocycles. The number of rotatable bonds is 7. The van der Waals surface area contributed by atoms with Crippen LogP contribution in [0.4, 0.5) is 0 Å². The zero-order valence-corrected chi connectivity index (χ0v) is 14.6. The quantitative estimate of drug-likeness (QED) is 0.691. The zero-order valence-electron chi connectivity index (χ0n) is 13.8. The first-order chi connectivity index (χ1) is 11.6. The molecule has 0 bridgehead atoms. The molecule has 2 unspecified atom stereocenters. The lowest BCUT2D eigenvalue weighted by molar-refractivity contribution is -0.144. The Labute approximate surface area is 144 Å². The minimum atomic E-state index is -0.838. The molecular formula is C15H22N6O2S. The van der Waals surface area contributed by atoms with Crippen molar-refractivity contribution in [3.05, 3.63) is 21.9 Å². The third-order valence-corrected chi connectivity index (χ3v) is 5.59. The fourth-order valence-electron chi connectivity index (χ4n) is 3.32. The fraction of sp³-hybridized carbons (Fsp3) is 0.667. The molecule has 24 heavy (non-hydrogen) atoms. The summed E-state index contributed by atoms with van der Waals surface area (Å²) in [5.74, 6) is -0.905. The van der Waals surface area contributed by atoms with Gasteiger partial charge in [0, 0.05) is 30.2 Å². The summed E-state index contributed by atoms with van der Waals surface area (Å²) in [5, 5.41) is 30.3. The smallest absolute Gasteiger partial charge is 0.307 e. The highest BCUT2D eigenvalue weighted by molar-refractivity contribution is 7.09. The second-order valence-electron chi connectivity index (χ2n) is 6.56. The zero-order chi connectivity index (χ0) is 17.1. The maximum atomic E-state index is 11.8. The Hall–Kier alpha value is -1.87. The standard InChI is InChI=1S/C15H22N6O2S/c1-8(2)12(15(22)23)11(13-18-20-21-19-13)5-10-7-24-14(17-10)9-3-4-16-6-9/h7-9,11-12,16H,3-6H2,1-2H3,(H,22,23)(H,18,19,20,21)/t9?,11-,12?/m0/s1. The summed E-state index contributed by atoms with van der Waals surface area (Å²) < 4.78 is 0. The Morgan fingerprint density at radius 1 is 1.50 bits per heavy atom. The van der Waals surface area contributed by atoms with E-state index in [0.29, 0.717) is 18.2 Å². The molecule has 8 nitrogen and oxygen atoms in total. The Bertz CT molecular complexity index is 665. The monoisotopic (exact) mass is 350 g/mol. The summed E-state index contributed by atoms with van der Waals surface area (Å²) in [6, 6.07) is 0. The van der Waals surface area contributed by atoms with Gasteiger partial charge in [0.15, 0.2) is 5.82 Å². The number of aromatic amines is 1. The van der Waals surface area contributed by atoms with Crippen molar-refractivity contribution in [2.45, 2.75) is 38.5 Å². The van der Waals surface area contributed by atoms with Crippen LogP contribution in [0.1, 0.15) is 48.6 Å². The van der Waals surface area contributed by atoms with Gasteiger partial charge in [-0.05, 0) is 18.9 Å². The van der Waals surface area contributed by atoms with Gasteiger partial charge in [0.05, 0.1) is 16.6 Å². The summed E-state index contributed by atoms with van der Waals surface area (Å²) in [5.41, 5.74) is 0.906. The molecular weight excluding hydrogens is 328 g/mol. The van der Waals surface area contributed by atoms with Crippen molar-refractivity contribution < 1.29 is 9.90 Å². The highest BCUT2D eigenvalue weighted by Gasteiger charge is 2.35. The van der Waals surface area contributed by atoms with Crippen molar-refractivity contribution in [2.24, 2.45) is 11.8 Å². The molecule has 9 heteroatoms. The van der Waals surface area contributed by atoms with Crippen LogP contribution in [0, 0.1) is 11.8 Å². The lowest BCUT2D eigenvalue weighted by Gasteiger charge is -2.23. The first kappa shape index (κ1) is 17.0. The highest BCUT2D eigenvalue weighted by atomic mass is 32.1. The number of hydrogen-bond donors (Lipinski definition) is 3. The van der Waals surface area contributed by atoms with Crippen LogP contribution in [0.3, 0.4) is 0 Å². The van der Waals surface area contributed by atoms with E-state index in [-0.39, 0.29) is 11.8 Å². The molecule has 3 N–H and O–H groups in total. The average Bonchev–Trinajstić information content (AvgIpc) is 3.27. The second-order valence-corrected chi connectivity index (χ2v) is 7.45. The molecule has 0 aliphatic carbocycles. The summed E-state index contributed by atoms with van der Waals surface area (Å²) in [7, 11) is 0. The van der Waals surface area contributed by atoms with Gasteiger partial charge in [-0.3, -0.25) is 4.79 Å². The topological polar surface area (TPSA) is 117 Å². The molecule has 130 valence electrons. The van der Waals surface area contributed by atoms with E-state index >= 15 is 0 Å². The summed E-state index contributed by atoms with van der Waals surface area (Å²) in [4.78, 5) is 16.5. The number of tetrazole rings is 1. The summed E-state index contributed by atoms with van der Waals surface area (Å²) in [6.45, 7) is 5.80. The van der Waals surface area contributed by atoms with Gasteiger partial charge in [0.25, 0.3) is 0 Å². The molecule has 0 saturated carbocycles. The van der Waals surface area contributed by atoms with E-state index in [1.807, 2.05) is 19.2 Å². The Balaban J connectivity index is 1.82. The van der Waals surface area contributed by atoms with Gasteiger partial charge in [-0.2, -0.15) is 5.21 Å². The maximum absolute atomic E-state index is 11.8. The number of thiazole rings is 1. The van der Waals surface area contributed by atoms with Gasteiger partial charge in [-0.1, -0.05) is 19.1 Å². The molecule has 0 spiro atoms. The van der Waals surface area contributed by atoms with Crippen LogP contribution in [-0.2, 0) is 11.2 Å². The van der Waals surface area contributed by atoms with Crippen molar-refractivity contribution in [1.29, 1.82) is 0 Å². The molecule has 0 amide bonds. The maximum Gasteiger partial charge on any atom is 0.307 e. The predicted molar refractivity (Wildman–Crippen MR) is 88.9 cm³/mol. The van der Waals surface area contributed by atoms with Crippen LogP contribution < -0.4 is 5.32 Å². The van der Waals surface area contributed by atoms with Crippen molar-refractivity contribution in [3.8, 4) is 0 Å². The van der Waals surface area contributed by atoms with E-state index in [2.05, 4.69) is 25.9 Å². The van der Waals surface area contributed by atoms with Gasteiger partial charge in [-0.15, -0.1) is 21.5 Å². The molecule has 1 fully saturated rings. The average molecular weight is 350 g/mol. The number of carboxylic acid groups (broad SMARTS) is 1. The van der Waals surface area contributed by atoms with Crippen molar-refractivity contribution in [1.82, 2.24) is 30.9 Å². The number of H-pyrrole nitrogens is 1. The van der Waals surface area contributed by atoms with E-state index in [1.165, 1.54) is 0 Å². The third kappa shape index (κ3) is 3.62. The molecule has 1 aliphatic rings. The van der Waals surface area contributed by atoms with E-state index in [1.54, 1.807) is 11.3 Å². The van der Waals surface area contributed by atoms with E-state index in [4.69, 9.17) is 4.98 Å². The number of nitrogens with one attached hydrogen (secondary N) is 2. The Morgan fingerprint density at radius 3 is 2.92 bits per heavy atom. The van der Waals surface area contributed by atoms with E-state index in [0.717, 1.165) is 30.2 Å². The molecule has 2 aromatic rings. The van der Waals surface area contributed by atoms with Crippen LogP contribution in [0.25, 0.3) is 0 Å². The van der Waals surface area contributed by atoms with Crippen LogP contribution in [0.5, 0.6) is 0 Å². The first-order valence-corrected chi connectivity index (χ1v) is 9.05. The number of carbonyl (C=O) groups is 1. The van der Waals surface area contributed by atoms with Gasteiger partial charge in [-0.25, -0.2) is 4.98 Å². The Morgan fingerprint density at radius 2 is 2.33 bits per heavy atom. The van der Waals surface area contributed by atoms with E-state index < -0.39 is 11.9 Å². The largest absolute Gasteiger partial charge is 0.481 e. The number of aromatic nitrogens is 5. The molecule has 1 saturated heterocycles. The van der Waals surface area contributed by atoms with Crippen LogP contribution in [0.15, 0.2) is 5.38 Å². The third-order valence-electron chi connectivity index (χ3n) is 4.54. The number of carboxylic acids is 1. The van der Waals surface area contributed by atoms with Crippen molar-refractivity contribution in [3.63, 3.8) is 0 Å². The molecule has 3 rings (SSSR count). The van der Waals surface area contributed by atoms with Crippen LogP contribution in [0.2, 0.25) is 0 Å². The predicted octanol–water partition coefficient (Wildman–Crippen LogP) is 1.42. The summed E-state index contributed by atoms with van der Waals surface area (Å²) >= 11 is 1.65. The first-order valence-electron chi connectivity index (χ1n) is 8.17. The number of aliphatic carboxylic acids is 1. The van der Waals surface area contributed by atoms with Gasteiger partial charge >= 0.3 is 5.97 Å². The van der Waals surface area contributed by atoms with Crippen molar-refractivity contribution >= 4 is 17.3 Å². The number of hydrogen-bond acceptors (Lipinski definition) is 7. The lowest BCUT2D eigenvalue weighted by Crippen LogP contribution is -2.29. The van der Waals surface area contributed by atoms with Crippen molar-refractivity contribution in [2.75, 3.05) is 13.1 Å². The summed E-state index contributed by atoms with van der Waals surface area (Å²) in [6.07, 6.45) is 1.61. The minimum absolute atomic E-state index is 0.0388. The fourth-order valence-corrected chi connectivity index (χ4v) is 4.29. The van der Waals surface area contributed by atoms with E-state index in [9.17, 15) is 9.90 Å². The molecule has 0 aromatic carbocycles. The molecule has 2 aromatic heterocycles. The SMILES string of the molecule is CC(C)C(C(=O)O)[C@H](Cc1csc(C2CCNC2)n1)c1nn[nH]n1. The van der Waals surface area contributed by atoms with Gasteiger partial charge in [0.1, 0.15) is 0 Å². The highest BCUT2D eigenvalue weighted by Crippen LogP contribution is 2.33. The molecule has 0 radical (unpaired) electrons. The van der Waals surface area contributed by atoms with Crippen LogP contribution in [-0.4, -0.2) is 49.8 Å². The normalized spacial score (nSPS) is 20.4. The minimum Gasteiger partial charge on any atom is -0.481 e. The lowest BCUT2D eigenvalue weighted by atomic mass is 9.80. The molecule has 3 heterocycles. The second kappa shape index (κ2) is 7.35. The molecule has 3 atom stereocenters. The van der Waals surface area contributed by atoms with Crippen LogP contribution >= 0.6 is 11.3 Å². The van der Waals surface area contributed by atoms with Gasteiger partial charge < -0.3 is 10.4 Å². The number of nitrogens with zero attached hydrogens (tertiary/aromatic N) is 4. The van der Waals surface area contributed by atoms with Gasteiger partial charge in [0.2, 0.25) is 0 Å².